The van der Waals surface area contributed by atoms with Gasteiger partial charge in [-0.3, -0.25) is 18.5 Å². The van der Waals surface area contributed by atoms with Crippen LogP contribution in [-0.4, -0.2) is 40.4 Å². The van der Waals surface area contributed by atoms with Gasteiger partial charge in [0.1, 0.15) is 5.82 Å². The van der Waals surface area contributed by atoms with Crippen molar-refractivity contribution in [2.75, 3.05) is 12.9 Å². The molecule has 0 saturated carbocycles. The minimum atomic E-state index is -3.34. The third-order valence-corrected chi connectivity index (χ3v) is 4.87. The third-order valence-electron chi connectivity index (χ3n) is 4.27. The number of nitrogens with one attached hydrogen (secondary N) is 1. The Hall–Kier alpha value is -1.94. The molecule has 0 atom stereocenters. The zero-order valence-electron chi connectivity index (χ0n) is 15.4. The molecule has 9 nitrogen and oxygen atoms in total. The summed E-state index contributed by atoms with van der Waals surface area (Å²) in [6.07, 6.45) is 6.62. The van der Waals surface area contributed by atoms with Crippen LogP contribution in [0, 0.1) is 6.92 Å². The molecule has 10 heteroatoms. The lowest BCUT2D eigenvalue weighted by Gasteiger charge is -2.07. The first-order chi connectivity index (χ1) is 12.2. The molecule has 0 saturated heterocycles. The highest BCUT2D eigenvalue weighted by Crippen LogP contribution is 2.13. The predicted molar refractivity (Wildman–Crippen MR) is 98.8 cm³/mol. The molecule has 26 heavy (non-hydrogen) atoms. The second kappa shape index (κ2) is 8.63. The van der Waals surface area contributed by atoms with E-state index in [4.69, 9.17) is 4.18 Å². The molecule has 0 radical (unpaired) electrons. The minimum Gasteiger partial charge on any atom is -0.322 e. The number of hydrogen-bond donors (Lipinski definition) is 1. The average Bonchev–Trinajstić information content (AvgIpc) is 2.87. The maximum atomic E-state index is 12.1. The van der Waals surface area contributed by atoms with E-state index in [2.05, 4.69) is 9.97 Å². The summed E-state index contributed by atoms with van der Waals surface area (Å²) in [5.74, 6) is 0.713. The van der Waals surface area contributed by atoms with Gasteiger partial charge in [-0.05, 0) is 19.8 Å². The van der Waals surface area contributed by atoms with Gasteiger partial charge in [0.2, 0.25) is 0 Å². The monoisotopic (exact) mass is 386 g/mol. The molecular weight excluding hydrogens is 360 g/mol. The molecule has 2 heterocycles. The van der Waals surface area contributed by atoms with Crippen LogP contribution in [0.1, 0.15) is 44.3 Å². The average molecular weight is 386 g/mol. The number of aromatic amines is 1. The molecule has 1 N–H and O–H groups in total. The lowest BCUT2D eigenvalue weighted by atomic mass is 10.1. The Kier molecular flexibility index (Phi) is 6.76. The maximum Gasteiger partial charge on any atom is 0.329 e. The number of H-pyrrole nitrogens is 1. The van der Waals surface area contributed by atoms with Crippen molar-refractivity contribution in [1.82, 2.24) is 19.1 Å². The molecule has 0 bridgehead atoms. The van der Waals surface area contributed by atoms with Crippen LogP contribution in [0.4, 0.5) is 0 Å². The van der Waals surface area contributed by atoms with Crippen LogP contribution < -0.4 is 11.2 Å². The predicted octanol–water partition coefficient (Wildman–Crippen LogP) is 1.05. The summed E-state index contributed by atoms with van der Waals surface area (Å²) < 4.78 is 29.6. The van der Waals surface area contributed by atoms with Gasteiger partial charge in [0.05, 0.1) is 12.9 Å². The van der Waals surface area contributed by atoms with Gasteiger partial charge >= 0.3 is 5.69 Å². The van der Waals surface area contributed by atoms with E-state index in [1.807, 2.05) is 11.5 Å². The molecule has 2 aromatic heterocycles. The fraction of sp³-hybridized carbons (Fsp3) is 0.688. The molecule has 2 rings (SSSR count). The van der Waals surface area contributed by atoms with Crippen LogP contribution in [0.2, 0.25) is 0 Å². The Morgan fingerprint density at radius 2 is 1.69 bits per heavy atom. The van der Waals surface area contributed by atoms with E-state index in [9.17, 15) is 18.0 Å². The van der Waals surface area contributed by atoms with Crippen molar-refractivity contribution < 1.29 is 12.6 Å². The summed E-state index contributed by atoms with van der Waals surface area (Å²) in [6, 6.07) is 0. The second-order valence-electron chi connectivity index (χ2n) is 6.45. The van der Waals surface area contributed by atoms with E-state index in [-0.39, 0.29) is 6.61 Å². The molecular formula is C16H26N4O5S. The zero-order chi connectivity index (χ0) is 19.3. The Bertz CT molecular complexity index is 971. The van der Waals surface area contributed by atoms with Crippen molar-refractivity contribution in [3.05, 3.63) is 26.7 Å². The zero-order valence-corrected chi connectivity index (χ0v) is 16.3. The quantitative estimate of drug-likeness (QED) is 0.482. The number of hydrogen-bond acceptors (Lipinski definition) is 6. The topological polar surface area (TPSA) is 116 Å². The van der Waals surface area contributed by atoms with Gasteiger partial charge in [0, 0.05) is 13.6 Å². The molecule has 0 unspecified atom stereocenters. The number of nitrogens with zero attached hydrogens (tertiary/aromatic N) is 3. The van der Waals surface area contributed by atoms with E-state index < -0.39 is 21.4 Å². The smallest absolute Gasteiger partial charge is 0.322 e. The molecule has 2 aromatic rings. The number of aromatic nitrogens is 4. The van der Waals surface area contributed by atoms with Crippen molar-refractivity contribution in [2.45, 2.75) is 52.0 Å². The fourth-order valence-electron chi connectivity index (χ4n) is 2.91. The number of imidazole rings is 1. The second-order valence-corrected chi connectivity index (χ2v) is 8.09. The van der Waals surface area contributed by atoms with E-state index in [0.717, 1.165) is 44.8 Å². The van der Waals surface area contributed by atoms with E-state index in [1.54, 1.807) is 7.05 Å². The van der Waals surface area contributed by atoms with Crippen LogP contribution in [0.5, 0.6) is 0 Å². The van der Waals surface area contributed by atoms with Crippen molar-refractivity contribution in [2.24, 2.45) is 7.05 Å². The number of rotatable bonds is 10. The molecule has 146 valence electrons. The number of aryl methyl sites for hydroxylation is 3. The van der Waals surface area contributed by atoms with Gasteiger partial charge in [-0.1, -0.05) is 25.7 Å². The Balaban J connectivity index is 1.80. The molecule has 0 aliphatic heterocycles. The summed E-state index contributed by atoms with van der Waals surface area (Å²) in [6.45, 7) is 2.73. The molecule has 0 aliphatic carbocycles. The number of fused-ring (bicyclic) bond motifs is 1. The highest BCUT2D eigenvalue weighted by molar-refractivity contribution is 7.85. The van der Waals surface area contributed by atoms with Gasteiger partial charge in [0.25, 0.3) is 15.7 Å². The SMILES string of the molecule is Cc1nc2c(c(=O)[nH]c(=O)n2C)n1CCCCCCCCOS(C)(=O)=O. The van der Waals surface area contributed by atoms with Gasteiger partial charge < -0.3 is 4.57 Å². The van der Waals surface area contributed by atoms with E-state index in [1.165, 1.54) is 4.57 Å². The first kappa shape index (κ1) is 20.4. The van der Waals surface area contributed by atoms with Crippen molar-refractivity contribution >= 4 is 21.3 Å². The summed E-state index contributed by atoms with van der Waals surface area (Å²) in [4.78, 5) is 30.4. The third kappa shape index (κ3) is 5.28. The van der Waals surface area contributed by atoms with Crippen molar-refractivity contribution in [1.29, 1.82) is 0 Å². The largest absolute Gasteiger partial charge is 0.329 e. The normalized spacial score (nSPS) is 12.1. The molecule has 0 aliphatic rings. The van der Waals surface area contributed by atoms with Gasteiger partial charge in [0.15, 0.2) is 11.2 Å². The summed E-state index contributed by atoms with van der Waals surface area (Å²) >= 11 is 0. The van der Waals surface area contributed by atoms with Crippen LogP contribution in [0.25, 0.3) is 11.2 Å². The van der Waals surface area contributed by atoms with Crippen LogP contribution >= 0.6 is 0 Å². The Labute approximate surface area is 152 Å². The minimum absolute atomic E-state index is 0.237. The van der Waals surface area contributed by atoms with Crippen LogP contribution in [-0.2, 0) is 27.9 Å². The molecule has 0 aromatic carbocycles. The summed E-state index contributed by atoms with van der Waals surface area (Å²) in [7, 11) is -1.75. The van der Waals surface area contributed by atoms with Crippen molar-refractivity contribution in [3.8, 4) is 0 Å². The first-order valence-electron chi connectivity index (χ1n) is 8.71. The van der Waals surface area contributed by atoms with Gasteiger partial charge in [-0.25, -0.2) is 9.78 Å². The van der Waals surface area contributed by atoms with E-state index >= 15 is 0 Å². The van der Waals surface area contributed by atoms with Gasteiger partial charge in [-0.2, -0.15) is 8.42 Å². The molecule has 0 spiro atoms. The van der Waals surface area contributed by atoms with Gasteiger partial charge in [-0.15, -0.1) is 0 Å². The summed E-state index contributed by atoms with van der Waals surface area (Å²) in [5.41, 5.74) is -0.0359. The van der Waals surface area contributed by atoms with Crippen LogP contribution in [0.15, 0.2) is 9.59 Å². The van der Waals surface area contributed by atoms with E-state index in [0.29, 0.717) is 23.5 Å². The van der Waals surface area contributed by atoms with Crippen molar-refractivity contribution in [3.63, 3.8) is 0 Å². The first-order valence-corrected chi connectivity index (χ1v) is 10.5. The Morgan fingerprint density at radius 1 is 1.08 bits per heavy atom. The maximum absolute atomic E-state index is 12.1. The number of unbranched alkanes of at least 4 members (excludes halogenated alkanes) is 5. The summed E-state index contributed by atoms with van der Waals surface area (Å²) in [5, 5.41) is 0. The highest BCUT2D eigenvalue weighted by atomic mass is 32.2. The fourth-order valence-corrected chi connectivity index (χ4v) is 3.33. The molecule has 0 amide bonds. The molecule has 0 fully saturated rings. The standard InChI is InChI=1S/C16H26N4O5S/c1-12-17-14-13(15(21)18-16(22)19(14)2)20(12)10-8-6-4-5-7-9-11-25-26(3,23)24/h4-11H2,1-3H3,(H,18,21,22). The highest BCUT2D eigenvalue weighted by Gasteiger charge is 2.14. The lowest BCUT2D eigenvalue weighted by Crippen LogP contribution is -2.29. The lowest BCUT2D eigenvalue weighted by molar-refractivity contribution is 0.309. The Morgan fingerprint density at radius 3 is 2.35 bits per heavy atom. The van der Waals surface area contributed by atoms with Crippen LogP contribution in [0.3, 0.4) is 0 Å².